The van der Waals surface area contributed by atoms with Crippen molar-refractivity contribution in [3.8, 4) is 0 Å². The van der Waals surface area contributed by atoms with Crippen molar-refractivity contribution in [1.29, 1.82) is 0 Å². The highest BCUT2D eigenvalue weighted by Gasteiger charge is 2.24. The van der Waals surface area contributed by atoms with Crippen LogP contribution in [0.15, 0.2) is 18.2 Å². The lowest BCUT2D eigenvalue weighted by Gasteiger charge is -2.33. The smallest absolute Gasteiger partial charge is 0.0570 e. The van der Waals surface area contributed by atoms with Crippen molar-refractivity contribution in [2.24, 2.45) is 0 Å². The van der Waals surface area contributed by atoms with Crippen molar-refractivity contribution in [3.05, 3.63) is 28.8 Å². The van der Waals surface area contributed by atoms with Gasteiger partial charge in [0.05, 0.1) is 12.2 Å². The van der Waals surface area contributed by atoms with Crippen molar-refractivity contribution < 1.29 is 4.74 Å². The normalized spacial score (nSPS) is 29.1. The van der Waals surface area contributed by atoms with Crippen LogP contribution in [0.3, 0.4) is 0 Å². The van der Waals surface area contributed by atoms with Crippen molar-refractivity contribution in [2.45, 2.75) is 51.9 Å². The van der Waals surface area contributed by atoms with Gasteiger partial charge in [-0.15, -0.1) is 0 Å². The lowest BCUT2D eigenvalue weighted by Crippen LogP contribution is -2.37. The quantitative estimate of drug-likeness (QED) is 0.860. The van der Waals surface area contributed by atoms with E-state index in [2.05, 4.69) is 32.2 Å². The molecule has 1 aliphatic heterocycles. The fourth-order valence-electron chi connectivity index (χ4n) is 2.51. The van der Waals surface area contributed by atoms with Gasteiger partial charge in [-0.2, -0.15) is 0 Å². The van der Waals surface area contributed by atoms with Crippen LogP contribution in [0.25, 0.3) is 0 Å². The molecular weight excluding hydrogens is 234 g/mol. The Balaban J connectivity index is 2.07. The van der Waals surface area contributed by atoms with Gasteiger partial charge in [0.1, 0.15) is 0 Å². The van der Waals surface area contributed by atoms with Gasteiger partial charge >= 0.3 is 0 Å². The second-order valence-corrected chi connectivity index (χ2v) is 5.39. The van der Waals surface area contributed by atoms with E-state index in [0.29, 0.717) is 18.2 Å². The molecule has 1 aromatic carbocycles. The van der Waals surface area contributed by atoms with Crippen molar-refractivity contribution in [3.63, 3.8) is 0 Å². The molecule has 2 unspecified atom stereocenters. The third-order valence-corrected chi connectivity index (χ3v) is 3.73. The Labute approximate surface area is 108 Å². The highest BCUT2D eigenvalue weighted by Crippen LogP contribution is 2.27. The molecule has 0 saturated carbocycles. The van der Waals surface area contributed by atoms with Crippen molar-refractivity contribution in [2.75, 3.05) is 5.32 Å². The molecule has 94 valence electrons. The van der Waals surface area contributed by atoms with Crippen LogP contribution >= 0.6 is 11.6 Å². The summed E-state index contributed by atoms with van der Waals surface area (Å²) in [6, 6.07) is 6.48. The third kappa shape index (κ3) is 3.14. The van der Waals surface area contributed by atoms with E-state index in [9.17, 15) is 0 Å². The molecule has 1 saturated heterocycles. The van der Waals surface area contributed by atoms with Gasteiger partial charge in [-0.1, -0.05) is 17.7 Å². The first-order chi connectivity index (χ1) is 8.06. The first kappa shape index (κ1) is 12.7. The van der Waals surface area contributed by atoms with Crippen molar-refractivity contribution in [1.82, 2.24) is 0 Å². The molecule has 0 aliphatic carbocycles. The van der Waals surface area contributed by atoms with Crippen LogP contribution in [-0.2, 0) is 4.74 Å². The zero-order chi connectivity index (χ0) is 12.4. The molecule has 17 heavy (non-hydrogen) atoms. The van der Waals surface area contributed by atoms with Gasteiger partial charge in [0.15, 0.2) is 0 Å². The number of nitrogens with one attached hydrogen (secondary N) is 1. The Morgan fingerprint density at radius 2 is 1.88 bits per heavy atom. The fraction of sp³-hybridized carbons (Fsp3) is 0.571. The van der Waals surface area contributed by atoms with Crippen LogP contribution in [0, 0.1) is 6.92 Å². The summed E-state index contributed by atoms with van der Waals surface area (Å²) in [6.07, 6.45) is 2.76. The summed E-state index contributed by atoms with van der Waals surface area (Å²) < 4.78 is 5.74. The summed E-state index contributed by atoms with van der Waals surface area (Å²) in [5, 5.41) is 4.41. The van der Waals surface area contributed by atoms with Gasteiger partial charge in [0, 0.05) is 16.8 Å². The minimum Gasteiger partial charge on any atom is -0.382 e. The van der Waals surface area contributed by atoms with E-state index in [1.54, 1.807) is 0 Å². The molecule has 1 aliphatic rings. The molecule has 1 heterocycles. The lowest BCUT2D eigenvalue weighted by molar-refractivity contribution is -0.0337. The molecule has 0 bridgehead atoms. The SMILES string of the molecule is Cc1c(Cl)cccc1NC1CC(C)OC(C)C1. The van der Waals surface area contributed by atoms with E-state index >= 15 is 0 Å². The van der Waals surface area contributed by atoms with E-state index in [4.69, 9.17) is 16.3 Å². The molecule has 2 rings (SSSR count). The van der Waals surface area contributed by atoms with Crippen LogP contribution in [0.4, 0.5) is 5.69 Å². The molecule has 0 spiro atoms. The average Bonchev–Trinajstić information content (AvgIpc) is 2.23. The molecule has 1 aromatic rings. The van der Waals surface area contributed by atoms with Gasteiger partial charge in [0.2, 0.25) is 0 Å². The lowest BCUT2D eigenvalue weighted by atomic mass is 9.99. The van der Waals surface area contributed by atoms with Crippen LogP contribution in [-0.4, -0.2) is 18.2 Å². The minimum absolute atomic E-state index is 0.329. The van der Waals surface area contributed by atoms with Crippen LogP contribution in [0.5, 0.6) is 0 Å². The number of benzene rings is 1. The van der Waals surface area contributed by atoms with Gasteiger partial charge < -0.3 is 10.1 Å². The third-order valence-electron chi connectivity index (χ3n) is 3.32. The molecular formula is C14H20ClNO. The first-order valence-electron chi connectivity index (χ1n) is 6.23. The van der Waals surface area contributed by atoms with E-state index in [-0.39, 0.29) is 0 Å². The monoisotopic (exact) mass is 253 g/mol. The number of halogens is 1. The predicted octanol–water partition coefficient (Wildman–Crippen LogP) is 4.02. The summed E-state index contributed by atoms with van der Waals surface area (Å²) >= 11 is 6.12. The highest BCUT2D eigenvalue weighted by atomic mass is 35.5. The molecule has 0 aromatic heterocycles. The van der Waals surface area contributed by atoms with Gasteiger partial charge in [-0.05, 0) is 51.3 Å². The van der Waals surface area contributed by atoms with E-state index in [0.717, 1.165) is 29.1 Å². The maximum Gasteiger partial charge on any atom is 0.0570 e. The van der Waals surface area contributed by atoms with Crippen LogP contribution in [0.2, 0.25) is 5.02 Å². The van der Waals surface area contributed by atoms with Gasteiger partial charge in [-0.3, -0.25) is 0 Å². The Morgan fingerprint density at radius 3 is 2.53 bits per heavy atom. The van der Waals surface area contributed by atoms with Crippen LogP contribution in [0.1, 0.15) is 32.3 Å². The molecule has 2 atom stereocenters. The summed E-state index contributed by atoms with van der Waals surface area (Å²) in [6.45, 7) is 6.32. The number of hydrogen-bond donors (Lipinski definition) is 1. The summed E-state index contributed by atoms with van der Waals surface area (Å²) in [5.41, 5.74) is 2.27. The number of anilines is 1. The van der Waals surface area contributed by atoms with E-state index in [1.165, 1.54) is 0 Å². The fourth-order valence-corrected chi connectivity index (χ4v) is 2.68. The molecule has 1 N–H and O–H groups in total. The topological polar surface area (TPSA) is 21.3 Å². The van der Waals surface area contributed by atoms with E-state index < -0.39 is 0 Å². The molecule has 0 radical (unpaired) electrons. The molecule has 1 fully saturated rings. The predicted molar refractivity (Wildman–Crippen MR) is 72.8 cm³/mol. The zero-order valence-corrected chi connectivity index (χ0v) is 11.4. The van der Waals surface area contributed by atoms with Crippen molar-refractivity contribution >= 4 is 17.3 Å². The summed E-state index contributed by atoms with van der Waals surface area (Å²) in [5.74, 6) is 0. The number of ether oxygens (including phenoxy) is 1. The second kappa shape index (κ2) is 5.28. The van der Waals surface area contributed by atoms with Gasteiger partial charge in [0.25, 0.3) is 0 Å². The molecule has 0 amide bonds. The number of hydrogen-bond acceptors (Lipinski definition) is 2. The maximum absolute atomic E-state index is 6.12. The van der Waals surface area contributed by atoms with E-state index in [1.807, 2.05) is 12.1 Å². The molecule has 3 heteroatoms. The zero-order valence-electron chi connectivity index (χ0n) is 10.7. The summed E-state index contributed by atoms with van der Waals surface area (Å²) in [4.78, 5) is 0. The minimum atomic E-state index is 0.329. The highest BCUT2D eigenvalue weighted by molar-refractivity contribution is 6.31. The second-order valence-electron chi connectivity index (χ2n) is 4.98. The Bertz CT molecular complexity index is 384. The standard InChI is InChI=1S/C14H20ClNO/c1-9-7-12(8-10(2)17-9)16-14-6-4-5-13(15)11(14)3/h4-6,9-10,12,16H,7-8H2,1-3H3. The average molecular weight is 254 g/mol. The Morgan fingerprint density at radius 1 is 1.24 bits per heavy atom. The first-order valence-corrected chi connectivity index (χ1v) is 6.61. The molecule has 2 nitrogen and oxygen atoms in total. The summed E-state index contributed by atoms with van der Waals surface area (Å²) in [7, 11) is 0. The van der Waals surface area contributed by atoms with Gasteiger partial charge in [-0.25, -0.2) is 0 Å². The van der Waals surface area contributed by atoms with Crippen LogP contribution < -0.4 is 5.32 Å². The maximum atomic E-state index is 6.12. The number of rotatable bonds is 2. The Kier molecular flexibility index (Phi) is 3.95. The Hall–Kier alpha value is -0.730. The largest absolute Gasteiger partial charge is 0.382 e.